The lowest BCUT2D eigenvalue weighted by Crippen LogP contribution is -2.26. The molecule has 1 unspecified atom stereocenters. The van der Waals surface area contributed by atoms with Gasteiger partial charge in [-0.3, -0.25) is 9.78 Å². The van der Waals surface area contributed by atoms with Gasteiger partial charge < -0.3 is 10.1 Å². The molecule has 1 aromatic carbocycles. The highest BCUT2D eigenvalue weighted by atomic mass is 16.5. The molecule has 1 atom stereocenters. The van der Waals surface area contributed by atoms with Crippen LogP contribution in [0.3, 0.4) is 0 Å². The molecule has 0 bridgehead atoms. The molecule has 0 aliphatic heterocycles. The first-order valence-corrected chi connectivity index (χ1v) is 5.40. The van der Waals surface area contributed by atoms with E-state index in [2.05, 4.69) is 10.3 Å². The zero-order valence-electron chi connectivity index (χ0n) is 9.81. The lowest BCUT2D eigenvalue weighted by Gasteiger charge is -2.11. The Kier molecular flexibility index (Phi) is 3.35. The van der Waals surface area contributed by atoms with Gasteiger partial charge in [0.1, 0.15) is 6.10 Å². The predicted octanol–water partition coefficient (Wildman–Crippen LogP) is 2.21. The topological polar surface area (TPSA) is 51.2 Å². The monoisotopic (exact) mass is 230 g/mol. The zero-order valence-corrected chi connectivity index (χ0v) is 9.81. The van der Waals surface area contributed by atoms with Crippen molar-refractivity contribution in [3.05, 3.63) is 36.5 Å². The molecule has 4 heteroatoms. The lowest BCUT2D eigenvalue weighted by molar-refractivity contribution is -0.124. The average molecular weight is 230 g/mol. The maximum atomic E-state index is 11.7. The minimum Gasteiger partial charge on any atom is -0.372 e. The van der Waals surface area contributed by atoms with Crippen molar-refractivity contribution in [3.63, 3.8) is 0 Å². The minimum absolute atomic E-state index is 0.175. The molecule has 0 saturated heterocycles. The summed E-state index contributed by atoms with van der Waals surface area (Å²) >= 11 is 0. The fourth-order valence-electron chi connectivity index (χ4n) is 1.55. The molecule has 2 rings (SSSR count). The number of anilines is 1. The van der Waals surface area contributed by atoms with Crippen molar-refractivity contribution >= 4 is 22.5 Å². The van der Waals surface area contributed by atoms with Crippen molar-refractivity contribution in [2.24, 2.45) is 0 Å². The van der Waals surface area contributed by atoms with E-state index in [1.165, 1.54) is 7.11 Å². The highest BCUT2D eigenvalue weighted by Crippen LogP contribution is 2.20. The van der Waals surface area contributed by atoms with Gasteiger partial charge in [-0.1, -0.05) is 18.2 Å². The molecular formula is C13H14N2O2. The standard InChI is InChI=1S/C13H14N2O2/c1-9(17-2)13(16)15-11-7-3-5-10-6-4-8-14-12(10)11/h3-9H,1-2H3,(H,15,16). The fraction of sp³-hybridized carbons (Fsp3) is 0.231. The Morgan fingerprint density at radius 1 is 1.35 bits per heavy atom. The van der Waals surface area contributed by atoms with Crippen molar-refractivity contribution in [2.45, 2.75) is 13.0 Å². The van der Waals surface area contributed by atoms with Crippen LogP contribution < -0.4 is 5.32 Å². The summed E-state index contributed by atoms with van der Waals surface area (Å²) in [5.41, 5.74) is 1.49. The third kappa shape index (κ3) is 2.42. The highest BCUT2D eigenvalue weighted by Gasteiger charge is 2.12. The Morgan fingerprint density at radius 2 is 2.12 bits per heavy atom. The van der Waals surface area contributed by atoms with E-state index in [9.17, 15) is 4.79 Å². The first-order valence-electron chi connectivity index (χ1n) is 5.40. The number of rotatable bonds is 3. The summed E-state index contributed by atoms with van der Waals surface area (Å²) in [5, 5.41) is 3.80. The van der Waals surface area contributed by atoms with E-state index in [0.717, 1.165) is 10.9 Å². The molecule has 1 N–H and O–H groups in total. The number of carbonyl (C=O) groups is 1. The minimum atomic E-state index is -0.478. The molecule has 88 valence electrons. The first-order chi connectivity index (χ1) is 8.22. The van der Waals surface area contributed by atoms with E-state index >= 15 is 0 Å². The number of methoxy groups -OCH3 is 1. The molecule has 0 radical (unpaired) electrons. The van der Waals surface area contributed by atoms with Crippen LogP contribution in [0.15, 0.2) is 36.5 Å². The van der Waals surface area contributed by atoms with E-state index in [0.29, 0.717) is 5.69 Å². The maximum absolute atomic E-state index is 11.7. The van der Waals surface area contributed by atoms with Gasteiger partial charge in [0.05, 0.1) is 11.2 Å². The number of hydrogen-bond acceptors (Lipinski definition) is 3. The van der Waals surface area contributed by atoms with E-state index in [1.807, 2.05) is 30.3 Å². The molecule has 0 aliphatic carbocycles. The summed E-state index contributed by atoms with van der Waals surface area (Å²) in [6, 6.07) is 9.49. The molecule has 4 nitrogen and oxygen atoms in total. The van der Waals surface area contributed by atoms with Crippen molar-refractivity contribution in [2.75, 3.05) is 12.4 Å². The van der Waals surface area contributed by atoms with Crippen LogP contribution in [0.4, 0.5) is 5.69 Å². The zero-order chi connectivity index (χ0) is 12.3. The fourth-order valence-corrected chi connectivity index (χ4v) is 1.55. The predicted molar refractivity (Wildman–Crippen MR) is 66.8 cm³/mol. The summed E-state index contributed by atoms with van der Waals surface area (Å²) in [6.07, 6.45) is 1.23. The second-order valence-electron chi connectivity index (χ2n) is 3.75. The Bertz CT molecular complexity index is 534. The maximum Gasteiger partial charge on any atom is 0.253 e. The number of para-hydroxylation sites is 1. The van der Waals surface area contributed by atoms with Gasteiger partial charge in [0.25, 0.3) is 5.91 Å². The van der Waals surface area contributed by atoms with Crippen LogP contribution in [0.2, 0.25) is 0 Å². The quantitative estimate of drug-likeness (QED) is 0.879. The van der Waals surface area contributed by atoms with Crippen LogP contribution in [0.25, 0.3) is 10.9 Å². The number of amides is 1. The smallest absolute Gasteiger partial charge is 0.253 e. The molecule has 2 aromatic rings. The average Bonchev–Trinajstić information content (AvgIpc) is 2.38. The van der Waals surface area contributed by atoms with Crippen LogP contribution in [0, 0.1) is 0 Å². The van der Waals surface area contributed by atoms with Gasteiger partial charge in [-0.05, 0) is 19.1 Å². The van der Waals surface area contributed by atoms with Crippen molar-refractivity contribution in [1.29, 1.82) is 0 Å². The number of benzene rings is 1. The van der Waals surface area contributed by atoms with Gasteiger partial charge in [0.2, 0.25) is 0 Å². The number of pyridine rings is 1. The molecular weight excluding hydrogens is 216 g/mol. The van der Waals surface area contributed by atoms with Gasteiger partial charge in [-0.25, -0.2) is 0 Å². The SMILES string of the molecule is COC(C)C(=O)Nc1cccc2cccnc12. The number of nitrogens with zero attached hydrogens (tertiary/aromatic N) is 1. The Labute approximate surface area is 99.6 Å². The molecule has 1 amide bonds. The lowest BCUT2D eigenvalue weighted by atomic mass is 10.2. The largest absolute Gasteiger partial charge is 0.372 e. The van der Waals surface area contributed by atoms with Crippen LogP contribution in [-0.2, 0) is 9.53 Å². The van der Waals surface area contributed by atoms with Gasteiger partial charge in [0.15, 0.2) is 0 Å². The van der Waals surface area contributed by atoms with Gasteiger partial charge in [-0.2, -0.15) is 0 Å². The number of ether oxygens (including phenoxy) is 1. The van der Waals surface area contributed by atoms with Crippen molar-refractivity contribution in [3.8, 4) is 0 Å². The summed E-state index contributed by atoms with van der Waals surface area (Å²) in [5.74, 6) is -0.175. The normalized spacial score (nSPS) is 12.4. The van der Waals surface area contributed by atoms with E-state index < -0.39 is 6.10 Å². The summed E-state index contributed by atoms with van der Waals surface area (Å²) in [4.78, 5) is 16.0. The number of carbonyl (C=O) groups excluding carboxylic acids is 1. The van der Waals surface area contributed by atoms with Gasteiger partial charge in [0, 0.05) is 18.7 Å². The third-order valence-electron chi connectivity index (χ3n) is 2.61. The van der Waals surface area contributed by atoms with Gasteiger partial charge >= 0.3 is 0 Å². The van der Waals surface area contributed by atoms with E-state index in [4.69, 9.17) is 4.74 Å². The van der Waals surface area contributed by atoms with Crippen LogP contribution in [0.5, 0.6) is 0 Å². The van der Waals surface area contributed by atoms with E-state index in [-0.39, 0.29) is 5.91 Å². The Hall–Kier alpha value is -1.94. The summed E-state index contributed by atoms with van der Waals surface area (Å²) < 4.78 is 4.96. The first kappa shape index (κ1) is 11.5. The Morgan fingerprint density at radius 3 is 2.88 bits per heavy atom. The van der Waals surface area contributed by atoms with Gasteiger partial charge in [-0.15, -0.1) is 0 Å². The van der Waals surface area contributed by atoms with Crippen LogP contribution in [0.1, 0.15) is 6.92 Å². The number of aromatic nitrogens is 1. The number of hydrogen-bond donors (Lipinski definition) is 1. The van der Waals surface area contributed by atoms with Crippen LogP contribution in [-0.4, -0.2) is 24.1 Å². The molecule has 1 heterocycles. The third-order valence-corrected chi connectivity index (χ3v) is 2.61. The molecule has 0 fully saturated rings. The Balaban J connectivity index is 2.33. The van der Waals surface area contributed by atoms with Crippen molar-refractivity contribution < 1.29 is 9.53 Å². The molecule has 0 saturated carbocycles. The molecule has 1 aromatic heterocycles. The van der Waals surface area contributed by atoms with E-state index in [1.54, 1.807) is 13.1 Å². The highest BCUT2D eigenvalue weighted by molar-refractivity contribution is 6.01. The second-order valence-corrected chi connectivity index (χ2v) is 3.75. The second kappa shape index (κ2) is 4.93. The molecule has 0 spiro atoms. The van der Waals surface area contributed by atoms with Crippen LogP contribution >= 0.6 is 0 Å². The number of nitrogens with one attached hydrogen (secondary N) is 1. The number of fused-ring (bicyclic) bond motifs is 1. The molecule has 0 aliphatic rings. The molecule has 17 heavy (non-hydrogen) atoms. The summed E-state index contributed by atoms with van der Waals surface area (Å²) in [6.45, 7) is 1.70. The van der Waals surface area contributed by atoms with Crippen molar-refractivity contribution in [1.82, 2.24) is 4.98 Å². The summed E-state index contributed by atoms with van der Waals surface area (Å²) in [7, 11) is 1.51.